The molecule has 1 saturated carbocycles. The Hall–Kier alpha value is -2.15. The zero-order valence-corrected chi connectivity index (χ0v) is 11.5. The van der Waals surface area contributed by atoms with Crippen LogP contribution in [-0.4, -0.2) is 46.5 Å². The highest BCUT2D eigenvalue weighted by Gasteiger charge is 2.33. The van der Waals surface area contributed by atoms with Crippen molar-refractivity contribution in [1.82, 2.24) is 15.3 Å². The molecule has 0 saturated heterocycles. The lowest BCUT2D eigenvalue weighted by molar-refractivity contribution is 0.0784. The average Bonchev–Trinajstić information content (AvgIpc) is 2.46. The van der Waals surface area contributed by atoms with E-state index in [0.717, 1.165) is 17.7 Å². The van der Waals surface area contributed by atoms with Gasteiger partial charge in [0.15, 0.2) is 0 Å². The third-order valence-electron chi connectivity index (χ3n) is 3.63. The van der Waals surface area contributed by atoms with Gasteiger partial charge in [0.1, 0.15) is 11.8 Å². The summed E-state index contributed by atoms with van der Waals surface area (Å²) in [6.07, 6.45) is 6.34. The minimum atomic E-state index is -0.994. The maximum absolute atomic E-state index is 10.5. The number of nitrogens with zero attached hydrogens (tertiary/aromatic N) is 2. The molecule has 0 unspecified atom stereocenters. The van der Waals surface area contributed by atoms with Crippen molar-refractivity contribution in [2.75, 3.05) is 13.2 Å². The Balaban J connectivity index is 1.64. The van der Waals surface area contributed by atoms with Gasteiger partial charge in [-0.15, -0.1) is 0 Å². The van der Waals surface area contributed by atoms with Crippen LogP contribution >= 0.6 is 0 Å². The second-order valence-corrected chi connectivity index (χ2v) is 5.12. The number of rotatable bonds is 4. The van der Waals surface area contributed by atoms with Crippen LogP contribution in [0.5, 0.6) is 5.88 Å². The molecule has 0 atom stereocenters. The number of aromatic nitrogens is 2. The van der Waals surface area contributed by atoms with Gasteiger partial charge in [0.2, 0.25) is 5.88 Å². The molecular formula is C14H17N3O4. The van der Waals surface area contributed by atoms with Crippen molar-refractivity contribution in [3.63, 3.8) is 0 Å². The molecule has 112 valence electrons. The first-order valence-corrected chi connectivity index (χ1v) is 6.96. The smallest absolute Gasteiger partial charge is 0.404 e. The standard InChI is InChI=1S/C14H17N3O4/c18-14(19)17-10-7-11(8-10)21-13-12(15-3-4-16-13)9-1-5-20-6-2-9/h1,3-4,10-11,17H,2,5-8H2,(H,18,19)/t10-,11-. The first kappa shape index (κ1) is 13.8. The molecule has 0 spiro atoms. The van der Waals surface area contributed by atoms with Gasteiger partial charge in [-0.3, -0.25) is 0 Å². The molecule has 2 aliphatic rings. The van der Waals surface area contributed by atoms with E-state index in [2.05, 4.69) is 15.3 Å². The van der Waals surface area contributed by atoms with Gasteiger partial charge in [-0.1, -0.05) is 6.08 Å². The van der Waals surface area contributed by atoms with Crippen molar-refractivity contribution in [3.8, 4) is 5.88 Å². The van der Waals surface area contributed by atoms with Crippen LogP contribution in [0.3, 0.4) is 0 Å². The summed E-state index contributed by atoms with van der Waals surface area (Å²) < 4.78 is 11.2. The Kier molecular flexibility index (Phi) is 4.01. The van der Waals surface area contributed by atoms with Crippen LogP contribution in [0.4, 0.5) is 4.79 Å². The monoisotopic (exact) mass is 291 g/mol. The molecule has 2 heterocycles. The summed E-state index contributed by atoms with van der Waals surface area (Å²) in [6.45, 7) is 1.26. The SMILES string of the molecule is O=C(O)N[C@H]1C[C@H](Oc2nccnc2C2=CCOCC2)C1. The van der Waals surface area contributed by atoms with Crippen molar-refractivity contribution in [2.45, 2.75) is 31.4 Å². The van der Waals surface area contributed by atoms with E-state index in [0.29, 0.717) is 31.9 Å². The zero-order chi connectivity index (χ0) is 14.7. The van der Waals surface area contributed by atoms with Gasteiger partial charge in [0, 0.05) is 31.3 Å². The molecular weight excluding hydrogens is 274 g/mol. The molecule has 2 N–H and O–H groups in total. The molecule has 0 aromatic carbocycles. The molecule has 1 aromatic rings. The second-order valence-electron chi connectivity index (χ2n) is 5.12. The van der Waals surface area contributed by atoms with Crippen LogP contribution in [0.15, 0.2) is 18.5 Å². The first-order chi connectivity index (χ1) is 10.2. The molecule has 3 rings (SSSR count). The van der Waals surface area contributed by atoms with Crippen LogP contribution in [-0.2, 0) is 4.74 Å². The summed E-state index contributed by atoms with van der Waals surface area (Å²) in [5.74, 6) is 0.518. The number of hydrogen-bond donors (Lipinski definition) is 2. The zero-order valence-electron chi connectivity index (χ0n) is 11.5. The Bertz CT molecular complexity index is 555. The molecule has 21 heavy (non-hydrogen) atoms. The van der Waals surface area contributed by atoms with Crippen molar-refractivity contribution in [1.29, 1.82) is 0 Å². The van der Waals surface area contributed by atoms with E-state index < -0.39 is 6.09 Å². The summed E-state index contributed by atoms with van der Waals surface area (Å²) in [5, 5.41) is 11.1. The number of carboxylic acid groups (broad SMARTS) is 1. The minimum Gasteiger partial charge on any atom is -0.473 e. The van der Waals surface area contributed by atoms with Gasteiger partial charge in [0.05, 0.1) is 13.2 Å². The fourth-order valence-corrected chi connectivity index (χ4v) is 2.49. The van der Waals surface area contributed by atoms with Gasteiger partial charge in [-0.05, 0) is 12.0 Å². The molecule has 1 fully saturated rings. The topological polar surface area (TPSA) is 93.6 Å². The molecule has 1 aromatic heterocycles. The Morgan fingerprint density at radius 1 is 1.38 bits per heavy atom. The predicted octanol–water partition coefficient (Wildman–Crippen LogP) is 1.46. The predicted molar refractivity (Wildman–Crippen MR) is 74.0 cm³/mol. The van der Waals surface area contributed by atoms with Crippen molar-refractivity contribution < 1.29 is 19.4 Å². The molecule has 0 radical (unpaired) electrons. The van der Waals surface area contributed by atoms with Crippen molar-refractivity contribution in [3.05, 3.63) is 24.2 Å². The summed E-state index contributed by atoms with van der Waals surface area (Å²) in [4.78, 5) is 19.2. The van der Waals surface area contributed by atoms with Gasteiger partial charge < -0.3 is 19.9 Å². The van der Waals surface area contributed by atoms with E-state index in [4.69, 9.17) is 14.6 Å². The van der Waals surface area contributed by atoms with E-state index in [1.807, 2.05) is 6.08 Å². The maximum atomic E-state index is 10.5. The molecule has 1 aliphatic carbocycles. The van der Waals surface area contributed by atoms with Crippen LogP contribution in [0.25, 0.3) is 5.57 Å². The van der Waals surface area contributed by atoms with E-state index in [9.17, 15) is 4.79 Å². The van der Waals surface area contributed by atoms with Gasteiger partial charge in [-0.25, -0.2) is 14.8 Å². The molecule has 7 nitrogen and oxygen atoms in total. The number of ether oxygens (including phenoxy) is 2. The van der Waals surface area contributed by atoms with Gasteiger partial charge in [-0.2, -0.15) is 0 Å². The summed E-state index contributed by atoms with van der Waals surface area (Å²) in [5.41, 5.74) is 1.85. The summed E-state index contributed by atoms with van der Waals surface area (Å²) in [7, 11) is 0. The highest BCUT2D eigenvalue weighted by molar-refractivity contribution is 5.66. The fraction of sp³-hybridized carbons (Fsp3) is 0.500. The van der Waals surface area contributed by atoms with E-state index in [1.165, 1.54) is 0 Å². The lowest BCUT2D eigenvalue weighted by Crippen LogP contribution is -2.48. The van der Waals surface area contributed by atoms with Crippen molar-refractivity contribution in [2.24, 2.45) is 0 Å². The number of amides is 1. The third kappa shape index (κ3) is 3.30. The van der Waals surface area contributed by atoms with E-state index >= 15 is 0 Å². The maximum Gasteiger partial charge on any atom is 0.404 e. The van der Waals surface area contributed by atoms with Crippen LogP contribution in [0.2, 0.25) is 0 Å². The fourth-order valence-electron chi connectivity index (χ4n) is 2.49. The number of carbonyl (C=O) groups is 1. The van der Waals surface area contributed by atoms with E-state index in [-0.39, 0.29) is 12.1 Å². The van der Waals surface area contributed by atoms with Crippen molar-refractivity contribution >= 4 is 11.7 Å². The summed E-state index contributed by atoms with van der Waals surface area (Å²) >= 11 is 0. The molecule has 7 heteroatoms. The van der Waals surface area contributed by atoms with Gasteiger partial charge >= 0.3 is 6.09 Å². The lowest BCUT2D eigenvalue weighted by atomic mass is 9.89. The Morgan fingerprint density at radius 2 is 2.19 bits per heavy atom. The van der Waals surface area contributed by atoms with Crippen LogP contribution in [0, 0.1) is 0 Å². The normalized spacial score (nSPS) is 24.7. The number of nitrogens with one attached hydrogen (secondary N) is 1. The van der Waals surface area contributed by atoms with Crippen LogP contribution in [0.1, 0.15) is 25.0 Å². The highest BCUT2D eigenvalue weighted by atomic mass is 16.5. The minimum absolute atomic E-state index is 0.0160. The average molecular weight is 291 g/mol. The van der Waals surface area contributed by atoms with E-state index in [1.54, 1.807) is 12.4 Å². The lowest BCUT2D eigenvalue weighted by Gasteiger charge is -2.34. The van der Waals surface area contributed by atoms with Crippen LogP contribution < -0.4 is 10.1 Å². The highest BCUT2D eigenvalue weighted by Crippen LogP contribution is 2.30. The first-order valence-electron chi connectivity index (χ1n) is 6.96. The molecule has 1 amide bonds. The quantitative estimate of drug-likeness (QED) is 0.872. The van der Waals surface area contributed by atoms with Gasteiger partial charge in [0.25, 0.3) is 0 Å². The Morgan fingerprint density at radius 3 is 2.90 bits per heavy atom. The third-order valence-corrected chi connectivity index (χ3v) is 3.63. The largest absolute Gasteiger partial charge is 0.473 e. The molecule has 1 aliphatic heterocycles. The second kappa shape index (κ2) is 6.09. The Labute approximate surface area is 122 Å². The number of hydrogen-bond acceptors (Lipinski definition) is 5. The molecule has 0 bridgehead atoms. The summed E-state index contributed by atoms with van der Waals surface area (Å²) in [6, 6.07) is -0.0325.